The van der Waals surface area contributed by atoms with Crippen LogP contribution in [0.1, 0.15) is 46.1 Å². The standard InChI is InChI=1S/C15H25NO/c1-6-16-13(5)12(4)14-7-9-15(10-8-14)17-11(2)3/h7-13,16H,6H2,1-5H3. The molecule has 17 heavy (non-hydrogen) atoms. The highest BCUT2D eigenvalue weighted by molar-refractivity contribution is 5.30. The van der Waals surface area contributed by atoms with Crippen LogP contribution < -0.4 is 10.1 Å². The number of rotatable bonds is 6. The third-order valence-corrected chi connectivity index (χ3v) is 3.05. The Balaban J connectivity index is 2.66. The maximum absolute atomic E-state index is 5.64. The summed E-state index contributed by atoms with van der Waals surface area (Å²) < 4.78 is 5.64. The molecular formula is C15H25NO. The van der Waals surface area contributed by atoms with E-state index in [1.807, 2.05) is 13.8 Å². The summed E-state index contributed by atoms with van der Waals surface area (Å²) in [6.45, 7) is 11.7. The molecule has 0 heterocycles. The maximum Gasteiger partial charge on any atom is 0.119 e. The van der Waals surface area contributed by atoms with Gasteiger partial charge in [0.05, 0.1) is 6.10 Å². The summed E-state index contributed by atoms with van der Waals surface area (Å²) >= 11 is 0. The Morgan fingerprint density at radius 1 is 1.06 bits per heavy atom. The highest BCUT2D eigenvalue weighted by Gasteiger charge is 2.13. The van der Waals surface area contributed by atoms with Gasteiger partial charge in [-0.15, -0.1) is 0 Å². The quantitative estimate of drug-likeness (QED) is 0.814. The van der Waals surface area contributed by atoms with Crippen molar-refractivity contribution in [1.82, 2.24) is 5.32 Å². The smallest absolute Gasteiger partial charge is 0.119 e. The molecule has 2 nitrogen and oxygen atoms in total. The van der Waals surface area contributed by atoms with Gasteiger partial charge >= 0.3 is 0 Å². The van der Waals surface area contributed by atoms with E-state index >= 15 is 0 Å². The first-order valence-corrected chi connectivity index (χ1v) is 6.54. The van der Waals surface area contributed by atoms with Crippen molar-refractivity contribution in [2.75, 3.05) is 6.54 Å². The molecular weight excluding hydrogens is 210 g/mol. The molecule has 2 heteroatoms. The second kappa shape index (κ2) is 6.65. The van der Waals surface area contributed by atoms with E-state index in [4.69, 9.17) is 4.74 Å². The van der Waals surface area contributed by atoms with E-state index in [2.05, 4.69) is 50.4 Å². The highest BCUT2D eigenvalue weighted by atomic mass is 16.5. The van der Waals surface area contributed by atoms with Gasteiger partial charge in [-0.1, -0.05) is 26.0 Å². The van der Waals surface area contributed by atoms with Gasteiger partial charge in [0.25, 0.3) is 0 Å². The molecule has 2 atom stereocenters. The lowest BCUT2D eigenvalue weighted by atomic mass is 9.94. The monoisotopic (exact) mass is 235 g/mol. The number of nitrogens with one attached hydrogen (secondary N) is 1. The minimum Gasteiger partial charge on any atom is -0.491 e. The van der Waals surface area contributed by atoms with Crippen LogP contribution in [0, 0.1) is 0 Å². The Bertz CT molecular complexity index is 318. The average molecular weight is 235 g/mol. The lowest BCUT2D eigenvalue weighted by Gasteiger charge is -2.21. The lowest BCUT2D eigenvalue weighted by molar-refractivity contribution is 0.242. The van der Waals surface area contributed by atoms with Crippen molar-refractivity contribution < 1.29 is 4.74 Å². The summed E-state index contributed by atoms with van der Waals surface area (Å²) in [6, 6.07) is 8.94. The number of ether oxygens (including phenoxy) is 1. The van der Waals surface area contributed by atoms with Crippen molar-refractivity contribution in [2.45, 2.75) is 52.7 Å². The van der Waals surface area contributed by atoms with Crippen LogP contribution in [-0.2, 0) is 0 Å². The topological polar surface area (TPSA) is 21.3 Å². The van der Waals surface area contributed by atoms with Crippen LogP contribution in [0.15, 0.2) is 24.3 Å². The van der Waals surface area contributed by atoms with Gasteiger partial charge < -0.3 is 10.1 Å². The molecule has 0 saturated heterocycles. The SMILES string of the molecule is CCNC(C)C(C)c1ccc(OC(C)C)cc1. The second-order valence-corrected chi connectivity index (χ2v) is 4.87. The normalized spacial score (nSPS) is 14.7. The van der Waals surface area contributed by atoms with Gasteiger partial charge in [-0.2, -0.15) is 0 Å². The van der Waals surface area contributed by atoms with Gasteiger partial charge in [-0.3, -0.25) is 0 Å². The van der Waals surface area contributed by atoms with Crippen molar-refractivity contribution in [2.24, 2.45) is 0 Å². The molecule has 1 rings (SSSR count). The summed E-state index contributed by atoms with van der Waals surface area (Å²) in [5.74, 6) is 1.47. The van der Waals surface area contributed by atoms with Gasteiger partial charge in [0.1, 0.15) is 5.75 Å². The number of hydrogen-bond acceptors (Lipinski definition) is 2. The first-order chi connectivity index (χ1) is 8.04. The molecule has 0 amide bonds. The first-order valence-electron chi connectivity index (χ1n) is 6.54. The van der Waals surface area contributed by atoms with Crippen LogP contribution >= 0.6 is 0 Å². The van der Waals surface area contributed by atoms with Crippen molar-refractivity contribution in [1.29, 1.82) is 0 Å². The van der Waals surface area contributed by atoms with Crippen molar-refractivity contribution in [3.8, 4) is 5.75 Å². The van der Waals surface area contributed by atoms with Gasteiger partial charge in [-0.05, 0) is 50.9 Å². The minimum atomic E-state index is 0.235. The number of likely N-dealkylation sites (N-methyl/N-ethyl adjacent to an activating group) is 1. The predicted molar refractivity (Wildman–Crippen MR) is 73.8 cm³/mol. The van der Waals surface area contributed by atoms with E-state index in [0.717, 1.165) is 12.3 Å². The van der Waals surface area contributed by atoms with Crippen molar-refractivity contribution in [3.63, 3.8) is 0 Å². The molecule has 0 spiro atoms. The summed E-state index contributed by atoms with van der Waals surface area (Å²) in [6.07, 6.45) is 0.235. The molecule has 2 unspecified atom stereocenters. The molecule has 0 aliphatic carbocycles. The fraction of sp³-hybridized carbons (Fsp3) is 0.600. The molecule has 0 aliphatic rings. The Morgan fingerprint density at radius 3 is 2.12 bits per heavy atom. The fourth-order valence-electron chi connectivity index (χ4n) is 1.91. The van der Waals surface area contributed by atoms with Gasteiger partial charge in [0, 0.05) is 6.04 Å². The molecule has 0 bridgehead atoms. The van der Waals surface area contributed by atoms with E-state index in [-0.39, 0.29) is 6.10 Å². The zero-order valence-corrected chi connectivity index (χ0v) is 11.7. The summed E-state index contributed by atoms with van der Waals surface area (Å²) in [5.41, 5.74) is 1.36. The molecule has 0 radical (unpaired) electrons. The third-order valence-electron chi connectivity index (χ3n) is 3.05. The average Bonchev–Trinajstić information content (AvgIpc) is 2.28. The maximum atomic E-state index is 5.64. The Labute approximate surface area is 105 Å². The van der Waals surface area contributed by atoms with E-state index in [9.17, 15) is 0 Å². The molecule has 96 valence electrons. The highest BCUT2D eigenvalue weighted by Crippen LogP contribution is 2.22. The summed E-state index contributed by atoms with van der Waals surface area (Å²) in [4.78, 5) is 0. The van der Waals surface area contributed by atoms with Crippen LogP contribution in [0.5, 0.6) is 5.75 Å². The zero-order chi connectivity index (χ0) is 12.8. The summed E-state index contributed by atoms with van der Waals surface area (Å²) in [5, 5.41) is 3.46. The molecule has 1 N–H and O–H groups in total. The zero-order valence-electron chi connectivity index (χ0n) is 11.7. The van der Waals surface area contributed by atoms with Crippen molar-refractivity contribution >= 4 is 0 Å². The molecule has 0 aromatic heterocycles. The predicted octanol–water partition coefficient (Wildman–Crippen LogP) is 3.58. The minimum absolute atomic E-state index is 0.235. The number of hydrogen-bond donors (Lipinski definition) is 1. The second-order valence-electron chi connectivity index (χ2n) is 4.87. The molecule has 0 saturated carbocycles. The van der Waals surface area contributed by atoms with Crippen LogP contribution in [-0.4, -0.2) is 18.7 Å². The van der Waals surface area contributed by atoms with Crippen LogP contribution in [0.2, 0.25) is 0 Å². The van der Waals surface area contributed by atoms with E-state index in [0.29, 0.717) is 12.0 Å². The Hall–Kier alpha value is -1.02. The third kappa shape index (κ3) is 4.39. The van der Waals surface area contributed by atoms with Gasteiger partial charge in [-0.25, -0.2) is 0 Å². The van der Waals surface area contributed by atoms with E-state index in [1.54, 1.807) is 0 Å². The molecule has 1 aromatic carbocycles. The lowest BCUT2D eigenvalue weighted by Crippen LogP contribution is -2.30. The Morgan fingerprint density at radius 2 is 1.65 bits per heavy atom. The van der Waals surface area contributed by atoms with Gasteiger partial charge in [0.15, 0.2) is 0 Å². The molecule has 0 aliphatic heterocycles. The van der Waals surface area contributed by atoms with E-state index in [1.165, 1.54) is 5.56 Å². The summed E-state index contributed by atoms with van der Waals surface area (Å²) in [7, 11) is 0. The molecule has 1 aromatic rings. The number of benzene rings is 1. The van der Waals surface area contributed by atoms with Gasteiger partial charge in [0.2, 0.25) is 0 Å². The van der Waals surface area contributed by atoms with Crippen LogP contribution in [0.25, 0.3) is 0 Å². The van der Waals surface area contributed by atoms with Crippen LogP contribution in [0.4, 0.5) is 0 Å². The largest absolute Gasteiger partial charge is 0.491 e. The molecule has 0 fully saturated rings. The Kier molecular flexibility index (Phi) is 5.49. The van der Waals surface area contributed by atoms with E-state index < -0.39 is 0 Å². The van der Waals surface area contributed by atoms with Crippen molar-refractivity contribution in [3.05, 3.63) is 29.8 Å². The fourth-order valence-corrected chi connectivity index (χ4v) is 1.91. The first kappa shape index (κ1) is 14.0. The van der Waals surface area contributed by atoms with Crippen LogP contribution in [0.3, 0.4) is 0 Å².